The Kier molecular flexibility index (Phi) is 4.89. The normalized spacial score (nSPS) is 10.3. The zero-order valence-corrected chi connectivity index (χ0v) is 11.3. The first-order chi connectivity index (χ1) is 6.25. The maximum absolute atomic E-state index is 10.6. The maximum atomic E-state index is 10.6. The molecule has 0 aliphatic rings. The van der Waals surface area contributed by atoms with Crippen molar-refractivity contribution in [2.75, 3.05) is 0 Å². The predicted octanol–water partition coefficient (Wildman–Crippen LogP) is -0.812. The van der Waals surface area contributed by atoms with Gasteiger partial charge in [0, 0.05) is 0 Å². The van der Waals surface area contributed by atoms with Crippen LogP contribution in [0, 0.1) is 0 Å². The van der Waals surface area contributed by atoms with Gasteiger partial charge in [0.2, 0.25) is 0 Å². The molecule has 0 saturated heterocycles. The fourth-order valence-corrected chi connectivity index (χ4v) is 2.08. The molecule has 6 nitrogen and oxygen atoms in total. The third kappa shape index (κ3) is 5.79. The number of ether oxygens (including phenoxy) is 3. The van der Waals surface area contributed by atoms with Crippen molar-refractivity contribution in [2.24, 2.45) is 0 Å². The SMILES string of the molecule is CC(=O)O[C]([SnH])(OC(C)=O)OC(C)=O. The molecule has 0 aromatic carbocycles. The van der Waals surface area contributed by atoms with Crippen LogP contribution in [0.5, 0.6) is 0 Å². The van der Waals surface area contributed by atoms with Gasteiger partial charge in [-0.25, -0.2) is 0 Å². The zero-order valence-electron chi connectivity index (χ0n) is 8.03. The van der Waals surface area contributed by atoms with Gasteiger partial charge in [-0.05, 0) is 0 Å². The van der Waals surface area contributed by atoms with E-state index in [0.29, 0.717) is 0 Å². The molecule has 78 valence electrons. The number of hydrogen-bond donors (Lipinski definition) is 0. The second-order valence-corrected chi connectivity index (χ2v) is 4.40. The molecule has 0 bridgehead atoms. The zero-order chi connectivity index (χ0) is 11.4. The van der Waals surface area contributed by atoms with Gasteiger partial charge < -0.3 is 0 Å². The van der Waals surface area contributed by atoms with E-state index in [1.54, 1.807) is 0 Å². The Balaban J connectivity index is 4.56. The number of esters is 3. The van der Waals surface area contributed by atoms with Crippen molar-refractivity contribution < 1.29 is 28.6 Å². The summed E-state index contributed by atoms with van der Waals surface area (Å²) >= 11 is 0.104. The molecule has 0 aliphatic carbocycles. The molecule has 0 N–H and O–H groups in total. The van der Waals surface area contributed by atoms with Crippen molar-refractivity contribution in [3.63, 3.8) is 0 Å². The van der Waals surface area contributed by atoms with E-state index >= 15 is 0 Å². The fraction of sp³-hybridized carbons (Fsp3) is 0.571. The van der Waals surface area contributed by atoms with Gasteiger partial charge in [0.1, 0.15) is 0 Å². The number of rotatable bonds is 3. The summed E-state index contributed by atoms with van der Waals surface area (Å²) in [6.07, 6.45) is 0. The van der Waals surface area contributed by atoms with Crippen LogP contribution in [0.3, 0.4) is 0 Å². The predicted molar refractivity (Wildman–Crippen MR) is 45.2 cm³/mol. The molecule has 0 saturated carbocycles. The first-order valence-corrected chi connectivity index (χ1v) is 5.27. The number of hydrogen-bond acceptors (Lipinski definition) is 6. The van der Waals surface area contributed by atoms with E-state index in [9.17, 15) is 14.4 Å². The molecule has 0 aromatic rings. The monoisotopic (exact) mass is 310 g/mol. The third-order valence-electron chi connectivity index (χ3n) is 0.858. The second-order valence-electron chi connectivity index (χ2n) is 2.38. The van der Waals surface area contributed by atoms with Crippen molar-refractivity contribution >= 4 is 40.4 Å². The average Bonchev–Trinajstić information content (AvgIpc) is 1.76. The number of carbonyl (C=O) groups excluding carboxylic acids is 3. The Morgan fingerprint density at radius 2 is 1.07 bits per heavy atom. The minimum atomic E-state index is -1.85. The molecule has 0 heterocycles. The Bertz CT molecular complexity index is 220. The van der Waals surface area contributed by atoms with Gasteiger partial charge in [-0.3, -0.25) is 0 Å². The number of carbonyl (C=O) groups is 3. The first kappa shape index (κ1) is 13.2. The minimum absolute atomic E-state index is 0.104. The van der Waals surface area contributed by atoms with Crippen LogP contribution in [0.4, 0.5) is 0 Å². The molecular formula is C7H10O6Sn. The molecule has 0 aromatic heterocycles. The summed E-state index contributed by atoms with van der Waals surface area (Å²) < 4.78 is 11.9. The second kappa shape index (κ2) is 5.18. The van der Waals surface area contributed by atoms with Crippen LogP contribution in [-0.4, -0.2) is 44.4 Å². The summed E-state index contributed by atoms with van der Waals surface area (Å²) in [5, 5.41) is 0. The van der Waals surface area contributed by atoms with E-state index in [4.69, 9.17) is 0 Å². The Hall–Kier alpha value is -0.791. The molecule has 7 heteroatoms. The van der Waals surface area contributed by atoms with Gasteiger partial charge in [0.15, 0.2) is 0 Å². The summed E-state index contributed by atoms with van der Waals surface area (Å²) in [4.78, 5) is 31.9. The van der Waals surface area contributed by atoms with E-state index in [1.807, 2.05) is 0 Å². The summed E-state index contributed by atoms with van der Waals surface area (Å²) in [5.41, 5.74) is 0. The van der Waals surface area contributed by atoms with E-state index in [-0.39, 0.29) is 22.5 Å². The topological polar surface area (TPSA) is 78.9 Å². The molecule has 0 rings (SSSR count). The van der Waals surface area contributed by atoms with Gasteiger partial charge in [-0.15, -0.1) is 0 Å². The van der Waals surface area contributed by atoms with Gasteiger partial charge in [0.05, 0.1) is 0 Å². The standard InChI is InChI=1S/C7H9O6.Sn.H/c1-4(8)11-7(12-5(2)9)13-6(3)10;;/h1-3H3;;. The summed E-state index contributed by atoms with van der Waals surface area (Å²) in [7, 11) is 0. The molecule has 14 heavy (non-hydrogen) atoms. The van der Waals surface area contributed by atoms with Crippen LogP contribution >= 0.6 is 0 Å². The summed E-state index contributed by atoms with van der Waals surface area (Å²) in [6.45, 7) is 3.37. The first-order valence-electron chi connectivity index (χ1n) is 3.63. The quantitative estimate of drug-likeness (QED) is 0.385. The van der Waals surface area contributed by atoms with Crippen LogP contribution < -0.4 is 0 Å². The Labute approximate surface area is 94.0 Å². The van der Waals surface area contributed by atoms with Crippen LogP contribution in [0.1, 0.15) is 20.8 Å². The van der Waals surface area contributed by atoms with E-state index in [0.717, 1.165) is 20.8 Å². The van der Waals surface area contributed by atoms with E-state index < -0.39 is 21.9 Å². The average molecular weight is 309 g/mol. The van der Waals surface area contributed by atoms with Gasteiger partial charge >= 0.3 is 93.8 Å². The Morgan fingerprint density at radius 1 is 0.857 bits per heavy atom. The molecule has 2 radical (unpaired) electrons. The molecule has 0 atom stereocenters. The van der Waals surface area contributed by atoms with Crippen molar-refractivity contribution in [3.05, 3.63) is 0 Å². The Morgan fingerprint density at radius 3 is 1.21 bits per heavy atom. The molecule has 0 aliphatic heterocycles. The fourth-order valence-electron chi connectivity index (χ4n) is 0.664. The van der Waals surface area contributed by atoms with E-state index in [1.165, 1.54) is 0 Å². The van der Waals surface area contributed by atoms with Crippen molar-refractivity contribution in [1.82, 2.24) is 0 Å². The van der Waals surface area contributed by atoms with Crippen molar-refractivity contribution in [1.29, 1.82) is 0 Å². The third-order valence-corrected chi connectivity index (χ3v) is 1.87. The van der Waals surface area contributed by atoms with Crippen molar-refractivity contribution in [2.45, 2.75) is 24.8 Å². The van der Waals surface area contributed by atoms with Crippen LogP contribution in [-0.2, 0) is 28.6 Å². The molecule has 0 unspecified atom stereocenters. The van der Waals surface area contributed by atoms with Crippen LogP contribution in [0.15, 0.2) is 0 Å². The summed E-state index contributed by atoms with van der Waals surface area (Å²) in [6, 6.07) is 0. The van der Waals surface area contributed by atoms with Crippen LogP contribution in [0.2, 0.25) is 0 Å². The van der Waals surface area contributed by atoms with Gasteiger partial charge in [-0.2, -0.15) is 0 Å². The molecule has 0 amide bonds. The molecule has 0 fully saturated rings. The van der Waals surface area contributed by atoms with Gasteiger partial charge in [-0.1, -0.05) is 0 Å². The van der Waals surface area contributed by atoms with Crippen molar-refractivity contribution in [3.8, 4) is 0 Å². The van der Waals surface area contributed by atoms with E-state index in [2.05, 4.69) is 14.2 Å². The molecular weight excluding hydrogens is 299 g/mol. The van der Waals surface area contributed by atoms with Crippen LogP contribution in [0.25, 0.3) is 0 Å². The van der Waals surface area contributed by atoms with Gasteiger partial charge in [0.25, 0.3) is 0 Å². The molecule has 0 spiro atoms. The summed E-state index contributed by atoms with van der Waals surface area (Å²) in [5.74, 6) is -2.08.